The van der Waals surface area contributed by atoms with E-state index in [9.17, 15) is 9.90 Å². The number of hydrogen-bond donors (Lipinski definition) is 2. The summed E-state index contributed by atoms with van der Waals surface area (Å²) >= 11 is 0. The van der Waals surface area contributed by atoms with Gasteiger partial charge in [0.15, 0.2) is 0 Å². The summed E-state index contributed by atoms with van der Waals surface area (Å²) in [6.45, 7) is 4.93. The van der Waals surface area contributed by atoms with Crippen molar-refractivity contribution in [1.29, 1.82) is 0 Å². The molecule has 1 saturated heterocycles. The Morgan fingerprint density at radius 3 is 2.39 bits per heavy atom. The van der Waals surface area contributed by atoms with Crippen molar-refractivity contribution >= 4 is 28.2 Å². The first-order chi connectivity index (χ1) is 16.1. The van der Waals surface area contributed by atoms with Crippen molar-refractivity contribution in [2.75, 3.05) is 36.5 Å². The molecule has 0 radical (unpaired) electrons. The molecule has 0 aliphatic carbocycles. The van der Waals surface area contributed by atoms with Crippen LogP contribution in [0.4, 0.5) is 11.4 Å². The molecular weight excluding hydrogens is 416 g/mol. The molecule has 0 spiro atoms. The molecule has 7 heteroatoms. The number of ether oxygens (including phenoxy) is 1. The first-order valence-electron chi connectivity index (χ1n) is 11.1. The predicted molar refractivity (Wildman–Crippen MR) is 129 cm³/mol. The van der Waals surface area contributed by atoms with Crippen molar-refractivity contribution in [2.24, 2.45) is 0 Å². The molecule has 4 aromatic rings. The van der Waals surface area contributed by atoms with Gasteiger partial charge in [-0.1, -0.05) is 12.1 Å². The van der Waals surface area contributed by atoms with Crippen LogP contribution in [0, 0.1) is 0 Å². The number of fused-ring (bicyclic) bond motifs is 1. The van der Waals surface area contributed by atoms with Gasteiger partial charge in [0.2, 0.25) is 0 Å². The van der Waals surface area contributed by atoms with Gasteiger partial charge in [-0.05, 0) is 67.1 Å². The smallest absolute Gasteiger partial charge is 0.255 e. The zero-order valence-electron chi connectivity index (χ0n) is 18.4. The maximum absolute atomic E-state index is 12.8. The van der Waals surface area contributed by atoms with E-state index in [0.717, 1.165) is 54.1 Å². The van der Waals surface area contributed by atoms with E-state index in [0.29, 0.717) is 11.3 Å². The van der Waals surface area contributed by atoms with Crippen LogP contribution in [0.25, 0.3) is 16.6 Å². The summed E-state index contributed by atoms with van der Waals surface area (Å²) in [6.07, 6.45) is 1.43. The molecule has 3 aromatic carbocycles. The second kappa shape index (κ2) is 9.05. The fourth-order valence-corrected chi connectivity index (χ4v) is 3.99. The largest absolute Gasteiger partial charge is 0.389 e. The Labute approximate surface area is 192 Å². The summed E-state index contributed by atoms with van der Waals surface area (Å²) in [5.74, 6) is -0.149. The number of benzene rings is 3. The van der Waals surface area contributed by atoms with Gasteiger partial charge in [0.25, 0.3) is 5.91 Å². The highest BCUT2D eigenvalue weighted by Crippen LogP contribution is 2.22. The molecule has 1 fully saturated rings. The molecule has 0 bridgehead atoms. The lowest BCUT2D eigenvalue weighted by Gasteiger charge is -2.28. The fraction of sp³-hybridized carbons (Fsp3) is 0.231. The van der Waals surface area contributed by atoms with E-state index >= 15 is 0 Å². The maximum atomic E-state index is 12.8. The Morgan fingerprint density at radius 2 is 1.70 bits per heavy atom. The number of amides is 1. The zero-order chi connectivity index (χ0) is 22.8. The Hall–Kier alpha value is -3.68. The summed E-state index contributed by atoms with van der Waals surface area (Å²) in [6, 6.07) is 21.0. The van der Waals surface area contributed by atoms with E-state index < -0.39 is 6.10 Å². The maximum Gasteiger partial charge on any atom is 0.255 e. The van der Waals surface area contributed by atoms with Crippen molar-refractivity contribution in [3.8, 4) is 5.69 Å². The molecule has 1 aromatic heterocycles. The van der Waals surface area contributed by atoms with Gasteiger partial charge in [-0.25, -0.2) is 4.68 Å². The van der Waals surface area contributed by atoms with Crippen LogP contribution in [0.1, 0.15) is 28.9 Å². The summed E-state index contributed by atoms with van der Waals surface area (Å²) < 4.78 is 7.20. The lowest BCUT2D eigenvalue weighted by molar-refractivity contribution is 0.102. The molecule has 1 aliphatic heterocycles. The first-order valence-corrected chi connectivity index (χ1v) is 11.1. The fourth-order valence-electron chi connectivity index (χ4n) is 3.99. The number of carbonyl (C=O) groups excluding carboxylic acids is 1. The molecule has 33 heavy (non-hydrogen) atoms. The number of rotatable bonds is 5. The van der Waals surface area contributed by atoms with Crippen LogP contribution < -0.4 is 10.2 Å². The molecule has 7 nitrogen and oxygen atoms in total. The van der Waals surface area contributed by atoms with Crippen molar-refractivity contribution in [2.45, 2.75) is 13.0 Å². The molecule has 0 saturated carbocycles. The molecule has 1 amide bonds. The molecule has 5 rings (SSSR count). The van der Waals surface area contributed by atoms with E-state index in [-0.39, 0.29) is 5.91 Å². The SMILES string of the molecule is CC(O)c1ccc(-n2cc3cc(NC(=O)c4ccc(N5CCOCC5)cc4)ccc3n2)cc1. The number of carbonyl (C=O) groups is 1. The number of hydrogen-bond acceptors (Lipinski definition) is 5. The number of aliphatic hydroxyl groups excluding tert-OH is 1. The third-order valence-electron chi connectivity index (χ3n) is 5.91. The number of aromatic nitrogens is 2. The van der Waals surface area contributed by atoms with Crippen LogP contribution in [0.3, 0.4) is 0 Å². The van der Waals surface area contributed by atoms with Gasteiger partial charge in [-0.3, -0.25) is 4.79 Å². The highest BCUT2D eigenvalue weighted by atomic mass is 16.5. The van der Waals surface area contributed by atoms with E-state index in [2.05, 4.69) is 15.3 Å². The Kier molecular flexibility index (Phi) is 5.81. The third-order valence-corrected chi connectivity index (χ3v) is 5.91. The molecular formula is C26H26N4O3. The average molecular weight is 443 g/mol. The van der Waals surface area contributed by atoms with Crippen LogP contribution >= 0.6 is 0 Å². The van der Waals surface area contributed by atoms with Gasteiger partial charge in [0.1, 0.15) is 0 Å². The number of anilines is 2. The summed E-state index contributed by atoms with van der Waals surface area (Å²) in [7, 11) is 0. The summed E-state index contributed by atoms with van der Waals surface area (Å²) in [5.41, 5.74) is 5.03. The van der Waals surface area contributed by atoms with E-state index in [1.54, 1.807) is 11.6 Å². The first kappa shape index (κ1) is 21.2. The van der Waals surface area contributed by atoms with Gasteiger partial charge in [0.05, 0.1) is 30.5 Å². The van der Waals surface area contributed by atoms with E-state index in [1.165, 1.54) is 0 Å². The lowest BCUT2D eigenvalue weighted by Crippen LogP contribution is -2.36. The monoisotopic (exact) mass is 442 g/mol. The third kappa shape index (κ3) is 4.60. The van der Waals surface area contributed by atoms with Crippen LogP contribution in [0.5, 0.6) is 0 Å². The standard InChI is InChI=1S/C26H26N4O3/c1-18(31)19-2-9-24(10-3-19)30-17-21-16-22(6-11-25(21)28-30)27-26(32)20-4-7-23(8-5-20)29-12-14-33-15-13-29/h2-11,16-18,31H,12-15H2,1H3,(H,27,32). The number of nitrogens with zero attached hydrogens (tertiary/aromatic N) is 3. The van der Waals surface area contributed by atoms with Gasteiger partial charge in [-0.2, -0.15) is 5.10 Å². The van der Waals surface area contributed by atoms with Crippen LogP contribution in [0.15, 0.2) is 72.9 Å². The number of nitrogens with one attached hydrogen (secondary N) is 1. The lowest BCUT2D eigenvalue weighted by atomic mass is 10.1. The van der Waals surface area contributed by atoms with Gasteiger partial charge >= 0.3 is 0 Å². The van der Waals surface area contributed by atoms with Crippen molar-refractivity contribution < 1.29 is 14.6 Å². The minimum absolute atomic E-state index is 0.149. The number of aliphatic hydroxyl groups is 1. The van der Waals surface area contributed by atoms with Crippen molar-refractivity contribution in [3.63, 3.8) is 0 Å². The second-order valence-corrected chi connectivity index (χ2v) is 8.22. The van der Waals surface area contributed by atoms with Crippen LogP contribution in [-0.2, 0) is 4.74 Å². The van der Waals surface area contributed by atoms with Crippen LogP contribution in [-0.4, -0.2) is 47.1 Å². The van der Waals surface area contributed by atoms with E-state index in [4.69, 9.17) is 4.74 Å². The molecule has 1 atom stereocenters. The molecule has 2 N–H and O–H groups in total. The van der Waals surface area contributed by atoms with Crippen molar-refractivity contribution in [1.82, 2.24) is 9.78 Å². The second-order valence-electron chi connectivity index (χ2n) is 8.22. The summed E-state index contributed by atoms with van der Waals surface area (Å²) in [4.78, 5) is 15.0. The summed E-state index contributed by atoms with van der Waals surface area (Å²) in [5, 5.41) is 18.2. The Bertz CT molecular complexity index is 1260. The van der Waals surface area contributed by atoms with Crippen LogP contribution in [0.2, 0.25) is 0 Å². The molecule has 2 heterocycles. The molecule has 168 valence electrons. The predicted octanol–water partition coefficient (Wildman–Crippen LogP) is 4.17. The topological polar surface area (TPSA) is 79.6 Å². The molecule has 1 aliphatic rings. The van der Waals surface area contributed by atoms with Gasteiger partial charge in [0, 0.05) is 41.6 Å². The van der Waals surface area contributed by atoms with E-state index in [1.807, 2.05) is 72.9 Å². The van der Waals surface area contributed by atoms with Gasteiger partial charge in [-0.15, -0.1) is 0 Å². The Balaban J connectivity index is 1.30. The minimum atomic E-state index is -0.502. The average Bonchev–Trinajstić information content (AvgIpc) is 3.28. The minimum Gasteiger partial charge on any atom is -0.389 e. The molecule has 1 unspecified atom stereocenters. The highest BCUT2D eigenvalue weighted by molar-refractivity contribution is 6.05. The zero-order valence-corrected chi connectivity index (χ0v) is 18.4. The normalized spacial score (nSPS) is 14.9. The number of morpholine rings is 1. The van der Waals surface area contributed by atoms with Crippen molar-refractivity contribution in [3.05, 3.63) is 84.1 Å². The Morgan fingerprint density at radius 1 is 1.00 bits per heavy atom. The quantitative estimate of drug-likeness (QED) is 0.485. The highest BCUT2D eigenvalue weighted by Gasteiger charge is 2.13. The van der Waals surface area contributed by atoms with Gasteiger partial charge < -0.3 is 20.1 Å².